The Morgan fingerprint density at radius 1 is 0.840 bits per heavy atom. The molecule has 0 radical (unpaired) electrons. The summed E-state index contributed by atoms with van der Waals surface area (Å²) >= 11 is 0. The van der Waals surface area contributed by atoms with Gasteiger partial charge in [-0.15, -0.1) is 0 Å². The second kappa shape index (κ2) is 16.0. The molecule has 4 aromatic rings. The van der Waals surface area contributed by atoms with Crippen molar-refractivity contribution in [1.29, 1.82) is 0 Å². The average Bonchev–Trinajstić information content (AvgIpc) is 3.07. The summed E-state index contributed by atoms with van der Waals surface area (Å²) in [5.74, 6) is -3.60. The van der Waals surface area contributed by atoms with Crippen LogP contribution in [0.5, 0.6) is 0 Å². The standard InChI is InChI=1S/C34H30F3N7O6/c1-3-28(45)44-27(12-13-29(46)47)32(50)41-22-8-5-9-23(15-22)43-33-38-17-25(18-39-33)42-31(49)26-16-24(11-10-19(26)2)40-30(48)20-6-4-7-21(14-20)34(35,36)37/h3-11,14-18,27H,1,12-13H2,2H3,(H,40,48)(H,41,50)(H,42,49)(H,44,45)(H,46,47)(H,38,39,43). The van der Waals surface area contributed by atoms with Gasteiger partial charge in [-0.2, -0.15) is 13.2 Å². The molecule has 0 saturated carbocycles. The van der Waals surface area contributed by atoms with Crippen LogP contribution in [0.25, 0.3) is 0 Å². The number of carboxylic acids is 1. The van der Waals surface area contributed by atoms with Gasteiger partial charge < -0.3 is 31.7 Å². The maximum atomic E-state index is 13.1. The highest BCUT2D eigenvalue weighted by atomic mass is 19.4. The number of nitrogens with one attached hydrogen (secondary N) is 5. The van der Waals surface area contributed by atoms with Crippen molar-refractivity contribution < 1.29 is 42.3 Å². The highest BCUT2D eigenvalue weighted by Gasteiger charge is 2.31. The molecule has 3 aromatic carbocycles. The number of aryl methyl sites for hydroxylation is 1. The first-order valence-electron chi connectivity index (χ1n) is 14.8. The molecule has 16 heteroatoms. The zero-order valence-corrected chi connectivity index (χ0v) is 26.3. The minimum Gasteiger partial charge on any atom is -0.481 e. The summed E-state index contributed by atoms with van der Waals surface area (Å²) in [6.07, 6.45) is -1.45. The van der Waals surface area contributed by atoms with Gasteiger partial charge in [0.1, 0.15) is 6.04 Å². The number of benzene rings is 3. The number of carbonyl (C=O) groups excluding carboxylic acids is 4. The van der Waals surface area contributed by atoms with Gasteiger partial charge in [-0.05, 0) is 73.5 Å². The fraction of sp³-hybridized carbons (Fsp3) is 0.147. The number of amides is 4. The predicted octanol–water partition coefficient (Wildman–Crippen LogP) is 5.53. The third kappa shape index (κ3) is 10.2. The van der Waals surface area contributed by atoms with Crippen LogP contribution in [0.2, 0.25) is 0 Å². The van der Waals surface area contributed by atoms with Crippen LogP contribution in [0, 0.1) is 6.92 Å². The first-order valence-corrected chi connectivity index (χ1v) is 14.8. The van der Waals surface area contributed by atoms with Crippen molar-refractivity contribution in [3.8, 4) is 0 Å². The van der Waals surface area contributed by atoms with Crippen molar-refractivity contribution in [1.82, 2.24) is 15.3 Å². The van der Waals surface area contributed by atoms with Gasteiger partial charge in [-0.3, -0.25) is 24.0 Å². The Hall–Kier alpha value is -6.58. The zero-order valence-electron chi connectivity index (χ0n) is 26.3. The lowest BCUT2D eigenvalue weighted by Gasteiger charge is -2.17. The summed E-state index contributed by atoms with van der Waals surface area (Å²) in [5.41, 5.74) is 0.792. The molecule has 1 heterocycles. The number of halogens is 3. The zero-order chi connectivity index (χ0) is 36.4. The molecule has 0 aliphatic rings. The lowest BCUT2D eigenvalue weighted by molar-refractivity contribution is -0.138. The molecule has 0 aliphatic carbocycles. The fourth-order valence-electron chi connectivity index (χ4n) is 4.44. The van der Waals surface area contributed by atoms with Gasteiger partial charge in [0.15, 0.2) is 0 Å². The molecule has 13 nitrogen and oxygen atoms in total. The Morgan fingerprint density at radius 2 is 1.50 bits per heavy atom. The lowest BCUT2D eigenvalue weighted by Crippen LogP contribution is -2.43. The largest absolute Gasteiger partial charge is 0.481 e. The highest BCUT2D eigenvalue weighted by Crippen LogP contribution is 2.30. The number of rotatable bonds is 13. The SMILES string of the molecule is C=CC(=O)NC(CCC(=O)O)C(=O)Nc1cccc(Nc2ncc(NC(=O)c3cc(NC(=O)c4cccc(C(F)(F)F)c4)ccc3C)cn2)c1. The second-order valence-electron chi connectivity index (χ2n) is 10.7. The summed E-state index contributed by atoms with van der Waals surface area (Å²) in [6, 6.07) is 13.8. The second-order valence-corrected chi connectivity index (χ2v) is 10.7. The molecule has 0 saturated heterocycles. The van der Waals surface area contributed by atoms with Gasteiger partial charge in [-0.1, -0.05) is 24.8 Å². The van der Waals surface area contributed by atoms with E-state index in [2.05, 4.69) is 43.1 Å². The number of anilines is 5. The third-order valence-corrected chi connectivity index (χ3v) is 6.95. The fourth-order valence-corrected chi connectivity index (χ4v) is 4.44. The summed E-state index contributed by atoms with van der Waals surface area (Å²) in [5, 5.41) is 22.1. The molecule has 0 fully saturated rings. The van der Waals surface area contributed by atoms with Gasteiger partial charge in [0.05, 0.1) is 23.6 Å². The minimum atomic E-state index is -4.61. The van der Waals surface area contributed by atoms with Crippen molar-refractivity contribution in [3.05, 3.63) is 114 Å². The number of nitrogens with zero attached hydrogens (tertiary/aromatic N) is 2. The van der Waals surface area contributed by atoms with E-state index in [4.69, 9.17) is 5.11 Å². The maximum absolute atomic E-state index is 13.1. The molecule has 258 valence electrons. The van der Waals surface area contributed by atoms with Crippen LogP contribution in [0.4, 0.5) is 41.9 Å². The van der Waals surface area contributed by atoms with Crippen LogP contribution in [-0.2, 0) is 20.6 Å². The van der Waals surface area contributed by atoms with Crippen LogP contribution in [-0.4, -0.2) is 50.7 Å². The van der Waals surface area contributed by atoms with E-state index in [1.54, 1.807) is 37.3 Å². The Labute approximate surface area is 283 Å². The summed E-state index contributed by atoms with van der Waals surface area (Å²) < 4.78 is 39.2. The monoisotopic (exact) mass is 689 g/mol. The van der Waals surface area contributed by atoms with E-state index >= 15 is 0 Å². The molecule has 1 aromatic heterocycles. The average molecular weight is 690 g/mol. The number of hydrogen-bond donors (Lipinski definition) is 6. The van der Waals surface area contributed by atoms with E-state index in [9.17, 15) is 37.1 Å². The molecule has 1 atom stereocenters. The van der Waals surface area contributed by atoms with Crippen LogP contribution in [0.15, 0.2) is 91.8 Å². The number of alkyl halides is 3. The molecule has 0 aliphatic heterocycles. The summed E-state index contributed by atoms with van der Waals surface area (Å²) in [6.45, 7) is 5.00. The van der Waals surface area contributed by atoms with Gasteiger partial charge in [-0.25, -0.2) is 9.97 Å². The van der Waals surface area contributed by atoms with Crippen molar-refractivity contribution in [3.63, 3.8) is 0 Å². The number of carboxylic acid groups (broad SMARTS) is 1. The smallest absolute Gasteiger partial charge is 0.416 e. The van der Waals surface area contributed by atoms with E-state index in [1.165, 1.54) is 30.6 Å². The predicted molar refractivity (Wildman–Crippen MR) is 178 cm³/mol. The van der Waals surface area contributed by atoms with E-state index in [0.717, 1.165) is 24.3 Å². The topological polar surface area (TPSA) is 192 Å². The van der Waals surface area contributed by atoms with Crippen molar-refractivity contribution in [2.45, 2.75) is 32.0 Å². The van der Waals surface area contributed by atoms with Crippen LogP contribution in [0.3, 0.4) is 0 Å². The Balaban J connectivity index is 1.38. The summed E-state index contributed by atoms with van der Waals surface area (Å²) in [7, 11) is 0. The van der Waals surface area contributed by atoms with Gasteiger partial charge in [0.25, 0.3) is 11.8 Å². The normalized spacial score (nSPS) is 11.4. The first-order chi connectivity index (χ1) is 23.7. The van der Waals surface area contributed by atoms with Crippen molar-refractivity contribution >= 4 is 58.3 Å². The number of hydrogen-bond acceptors (Lipinski definition) is 8. The number of carbonyl (C=O) groups is 5. The van der Waals surface area contributed by atoms with E-state index in [1.807, 2.05) is 0 Å². The van der Waals surface area contributed by atoms with Gasteiger partial charge in [0, 0.05) is 34.6 Å². The highest BCUT2D eigenvalue weighted by molar-refractivity contribution is 6.08. The van der Waals surface area contributed by atoms with Crippen LogP contribution in [0.1, 0.15) is 44.7 Å². The van der Waals surface area contributed by atoms with Crippen LogP contribution < -0.4 is 26.6 Å². The molecular weight excluding hydrogens is 659 g/mol. The van der Waals surface area contributed by atoms with Gasteiger partial charge >= 0.3 is 12.1 Å². The maximum Gasteiger partial charge on any atom is 0.416 e. The number of aromatic nitrogens is 2. The Morgan fingerprint density at radius 3 is 2.18 bits per heavy atom. The number of aliphatic carboxylic acids is 1. The Bertz CT molecular complexity index is 1930. The molecule has 4 amide bonds. The molecule has 50 heavy (non-hydrogen) atoms. The molecule has 4 rings (SSSR count). The molecular formula is C34H30F3N7O6. The van der Waals surface area contributed by atoms with Crippen LogP contribution >= 0.6 is 0 Å². The van der Waals surface area contributed by atoms with E-state index in [0.29, 0.717) is 16.9 Å². The lowest BCUT2D eigenvalue weighted by atomic mass is 10.1. The molecule has 6 N–H and O–H groups in total. The molecule has 0 spiro atoms. The quantitative estimate of drug-likeness (QED) is 0.0981. The minimum absolute atomic E-state index is 0.138. The Kier molecular flexibility index (Phi) is 11.6. The van der Waals surface area contributed by atoms with Gasteiger partial charge in [0.2, 0.25) is 17.8 Å². The summed E-state index contributed by atoms with van der Waals surface area (Å²) in [4.78, 5) is 69.6. The third-order valence-electron chi connectivity index (χ3n) is 6.95. The molecule has 1 unspecified atom stereocenters. The van der Waals surface area contributed by atoms with E-state index in [-0.39, 0.29) is 41.3 Å². The van der Waals surface area contributed by atoms with Crippen molar-refractivity contribution in [2.24, 2.45) is 0 Å². The van der Waals surface area contributed by atoms with E-state index < -0.39 is 47.4 Å². The van der Waals surface area contributed by atoms with Crippen molar-refractivity contribution in [2.75, 3.05) is 21.3 Å². The first kappa shape index (κ1) is 36.3. The molecule has 0 bridgehead atoms.